The molecule has 144 valence electrons. The molecule has 1 saturated heterocycles. The van der Waals surface area contributed by atoms with Crippen LogP contribution in [0.25, 0.3) is 11.3 Å². The largest absolute Gasteiger partial charge is 0.433 e. The molecule has 0 spiro atoms. The molecule has 3 heterocycles. The van der Waals surface area contributed by atoms with Crippen molar-refractivity contribution in [2.45, 2.75) is 51.0 Å². The first-order valence-corrected chi connectivity index (χ1v) is 8.66. The normalized spacial score (nSPS) is 22.6. The lowest BCUT2D eigenvalue weighted by molar-refractivity contribution is -0.717. The van der Waals surface area contributed by atoms with Gasteiger partial charge in [0.15, 0.2) is 5.54 Å². The minimum absolute atomic E-state index is 0.0526. The number of hydrogen-bond acceptors (Lipinski definition) is 4. The molecule has 1 amide bonds. The lowest BCUT2D eigenvalue weighted by Gasteiger charge is -2.20. The fourth-order valence-electron chi connectivity index (χ4n) is 3.25. The third-order valence-corrected chi connectivity index (χ3v) is 4.79. The highest BCUT2D eigenvalue weighted by molar-refractivity contribution is 5.84. The number of hydrogen-bond donors (Lipinski definition) is 2. The van der Waals surface area contributed by atoms with E-state index in [1.165, 1.54) is 12.4 Å². The van der Waals surface area contributed by atoms with Crippen LogP contribution in [0.4, 0.5) is 13.2 Å². The molecule has 1 aliphatic heterocycles. The van der Waals surface area contributed by atoms with E-state index >= 15 is 0 Å². The minimum Gasteiger partial charge on any atom is -0.345 e. The Morgan fingerprint density at radius 3 is 2.70 bits per heavy atom. The molecule has 0 bridgehead atoms. The van der Waals surface area contributed by atoms with Gasteiger partial charge in [0.2, 0.25) is 0 Å². The van der Waals surface area contributed by atoms with Crippen molar-refractivity contribution in [1.29, 1.82) is 0 Å². The Bertz CT molecular complexity index is 824. The lowest BCUT2D eigenvalue weighted by Crippen LogP contribution is -2.98. The molecule has 27 heavy (non-hydrogen) atoms. The molecule has 2 atom stereocenters. The molecule has 9 heteroatoms. The van der Waals surface area contributed by atoms with Gasteiger partial charge < -0.3 is 10.6 Å². The monoisotopic (exact) mass is 380 g/mol. The van der Waals surface area contributed by atoms with Crippen LogP contribution in [-0.4, -0.2) is 32.4 Å². The summed E-state index contributed by atoms with van der Waals surface area (Å²) in [6.07, 6.45) is -0.233. The van der Waals surface area contributed by atoms with Crippen molar-refractivity contribution in [2.24, 2.45) is 0 Å². The predicted octanol–water partition coefficient (Wildman–Crippen LogP) is 1.68. The second-order valence-corrected chi connectivity index (χ2v) is 7.11. The molecule has 2 aromatic rings. The van der Waals surface area contributed by atoms with E-state index in [9.17, 15) is 18.0 Å². The Balaban J connectivity index is 1.68. The van der Waals surface area contributed by atoms with Crippen LogP contribution in [0, 0.1) is 0 Å². The van der Waals surface area contributed by atoms with Gasteiger partial charge in [-0.2, -0.15) is 13.2 Å². The third-order valence-electron chi connectivity index (χ3n) is 4.79. The highest BCUT2D eigenvalue weighted by atomic mass is 19.4. The summed E-state index contributed by atoms with van der Waals surface area (Å²) >= 11 is 0. The Labute approximate surface area is 154 Å². The van der Waals surface area contributed by atoms with Crippen LogP contribution in [0.15, 0.2) is 30.7 Å². The molecule has 6 nitrogen and oxygen atoms in total. The number of carbonyl (C=O) groups excluding carboxylic acids is 1. The van der Waals surface area contributed by atoms with Crippen molar-refractivity contribution >= 4 is 5.91 Å². The molecule has 1 aliphatic rings. The standard InChI is InChI=1S/C18H20F3N5O/c1-11-5-6-17(2,26-11)16(27)23-9-13-7-14(25-10-24-13)12-3-4-15(22-8-12)18(19,20)21/h3-4,7-8,10-11,26H,5-6,9H2,1-2H3,(H,23,27)/p+1. The predicted molar refractivity (Wildman–Crippen MR) is 91.1 cm³/mol. The Hall–Kier alpha value is -2.55. The first-order valence-electron chi connectivity index (χ1n) is 8.66. The van der Waals surface area contributed by atoms with Crippen LogP contribution >= 0.6 is 0 Å². The maximum Gasteiger partial charge on any atom is 0.433 e. The summed E-state index contributed by atoms with van der Waals surface area (Å²) in [6, 6.07) is 4.28. The van der Waals surface area contributed by atoms with E-state index in [2.05, 4.69) is 32.5 Å². The zero-order valence-corrected chi connectivity index (χ0v) is 15.0. The van der Waals surface area contributed by atoms with Gasteiger partial charge in [-0.1, -0.05) is 0 Å². The molecule has 2 aromatic heterocycles. The molecule has 1 fully saturated rings. The van der Waals surface area contributed by atoms with Crippen LogP contribution in [-0.2, 0) is 17.5 Å². The van der Waals surface area contributed by atoms with E-state index in [-0.39, 0.29) is 12.5 Å². The smallest absolute Gasteiger partial charge is 0.345 e. The number of nitrogens with two attached hydrogens (primary N) is 1. The summed E-state index contributed by atoms with van der Waals surface area (Å²) in [6.45, 7) is 4.23. The molecule has 0 aliphatic carbocycles. The van der Waals surface area contributed by atoms with Crippen LogP contribution in [0.3, 0.4) is 0 Å². The van der Waals surface area contributed by atoms with Crippen LogP contribution in [0.2, 0.25) is 0 Å². The third kappa shape index (κ3) is 4.41. The minimum atomic E-state index is -4.48. The number of quaternary nitrogens is 1. The summed E-state index contributed by atoms with van der Waals surface area (Å²) in [5, 5.41) is 4.96. The Kier molecular flexibility index (Phi) is 5.14. The number of amides is 1. The molecular formula is C18H21F3N5O+. The second-order valence-electron chi connectivity index (χ2n) is 7.11. The van der Waals surface area contributed by atoms with Gasteiger partial charge in [0.1, 0.15) is 12.0 Å². The summed E-state index contributed by atoms with van der Waals surface area (Å²) in [5.41, 5.74) is 0.0312. The number of carbonyl (C=O) groups is 1. The zero-order chi connectivity index (χ0) is 19.7. The van der Waals surface area contributed by atoms with Gasteiger partial charge in [0, 0.05) is 24.6 Å². The van der Waals surface area contributed by atoms with Gasteiger partial charge >= 0.3 is 6.18 Å². The van der Waals surface area contributed by atoms with E-state index in [1.54, 1.807) is 6.07 Å². The van der Waals surface area contributed by atoms with Crippen molar-refractivity contribution in [3.05, 3.63) is 42.1 Å². The molecule has 2 unspecified atom stereocenters. The van der Waals surface area contributed by atoms with Crippen molar-refractivity contribution in [3.8, 4) is 11.3 Å². The van der Waals surface area contributed by atoms with E-state index in [4.69, 9.17) is 0 Å². The van der Waals surface area contributed by atoms with E-state index in [0.29, 0.717) is 23.0 Å². The van der Waals surface area contributed by atoms with Gasteiger partial charge in [-0.25, -0.2) is 9.97 Å². The SMILES string of the molecule is CC1CCC(C)(C(=O)NCc2cc(-c3ccc(C(F)(F)F)nc3)ncn2)[NH2+]1. The van der Waals surface area contributed by atoms with Gasteiger partial charge in [-0.05, 0) is 32.0 Å². The van der Waals surface area contributed by atoms with Crippen LogP contribution in [0.5, 0.6) is 0 Å². The average molecular weight is 380 g/mol. The summed E-state index contributed by atoms with van der Waals surface area (Å²) < 4.78 is 37.8. The van der Waals surface area contributed by atoms with Gasteiger partial charge in [0.25, 0.3) is 5.91 Å². The first kappa shape index (κ1) is 19.2. The number of pyridine rings is 1. The number of halogens is 3. The molecule has 0 aromatic carbocycles. The topological polar surface area (TPSA) is 84.4 Å². The fourth-order valence-corrected chi connectivity index (χ4v) is 3.25. The zero-order valence-electron chi connectivity index (χ0n) is 15.0. The molecule has 0 radical (unpaired) electrons. The Morgan fingerprint density at radius 2 is 2.11 bits per heavy atom. The number of aromatic nitrogens is 3. The van der Waals surface area contributed by atoms with Crippen LogP contribution < -0.4 is 10.6 Å². The number of alkyl halides is 3. The summed E-state index contributed by atoms with van der Waals surface area (Å²) in [5.74, 6) is -0.0526. The van der Waals surface area contributed by atoms with Crippen molar-refractivity contribution in [3.63, 3.8) is 0 Å². The molecule has 3 rings (SSSR count). The maximum atomic E-state index is 12.6. The van der Waals surface area contributed by atoms with Gasteiger partial charge in [-0.3, -0.25) is 9.78 Å². The summed E-state index contributed by atoms with van der Waals surface area (Å²) in [4.78, 5) is 24.1. The maximum absolute atomic E-state index is 12.6. The van der Waals surface area contributed by atoms with Crippen molar-refractivity contribution < 1.29 is 23.3 Å². The lowest BCUT2D eigenvalue weighted by atomic mass is 9.99. The number of nitrogens with one attached hydrogen (secondary N) is 1. The molecule has 3 N–H and O–H groups in total. The highest BCUT2D eigenvalue weighted by Gasteiger charge is 2.43. The van der Waals surface area contributed by atoms with Gasteiger partial charge in [-0.15, -0.1) is 0 Å². The number of nitrogens with zero attached hydrogens (tertiary/aromatic N) is 3. The van der Waals surface area contributed by atoms with Gasteiger partial charge in [0.05, 0.1) is 24.0 Å². The molecular weight excluding hydrogens is 359 g/mol. The first-order chi connectivity index (χ1) is 12.7. The van der Waals surface area contributed by atoms with Crippen molar-refractivity contribution in [1.82, 2.24) is 20.3 Å². The van der Waals surface area contributed by atoms with Crippen molar-refractivity contribution in [2.75, 3.05) is 0 Å². The Morgan fingerprint density at radius 1 is 1.33 bits per heavy atom. The number of rotatable bonds is 4. The quantitative estimate of drug-likeness (QED) is 0.845. The van der Waals surface area contributed by atoms with E-state index in [0.717, 1.165) is 25.1 Å². The average Bonchev–Trinajstić information content (AvgIpc) is 2.99. The van der Waals surface area contributed by atoms with E-state index < -0.39 is 17.4 Å². The highest BCUT2D eigenvalue weighted by Crippen LogP contribution is 2.28. The summed E-state index contributed by atoms with van der Waals surface area (Å²) in [7, 11) is 0. The second kappa shape index (κ2) is 7.22. The van der Waals surface area contributed by atoms with E-state index in [1.807, 2.05) is 6.92 Å². The van der Waals surface area contributed by atoms with Crippen LogP contribution in [0.1, 0.15) is 38.1 Å². The molecule has 0 saturated carbocycles. The fraction of sp³-hybridized carbons (Fsp3) is 0.444.